The summed E-state index contributed by atoms with van der Waals surface area (Å²) in [5, 5.41) is 0. The van der Waals surface area contributed by atoms with Gasteiger partial charge in [-0.1, -0.05) is 76.0 Å². The Morgan fingerprint density at radius 2 is 1.00 bits per heavy atom. The van der Waals surface area contributed by atoms with E-state index in [1.54, 1.807) is 0 Å². The van der Waals surface area contributed by atoms with Crippen LogP contribution in [0.5, 0.6) is 0 Å². The van der Waals surface area contributed by atoms with Gasteiger partial charge in [0.05, 0.1) is 12.2 Å². The maximum absolute atomic E-state index is 5.78. The molecule has 4 rings (SSSR count). The van der Waals surface area contributed by atoms with Gasteiger partial charge in [-0.25, -0.2) is 0 Å². The first kappa shape index (κ1) is 24.4. The van der Waals surface area contributed by atoms with Gasteiger partial charge in [-0.05, 0) is 49.0 Å². The van der Waals surface area contributed by atoms with Gasteiger partial charge in [0.2, 0.25) is 0 Å². The maximum atomic E-state index is 5.78. The second kappa shape index (κ2) is 12.8. The average Bonchev–Trinajstić information content (AvgIpc) is 3.28. The normalized spacial score (nSPS) is 18.6. The Balaban J connectivity index is 0.000000238. The molecule has 4 N–H and O–H groups in total. The van der Waals surface area contributed by atoms with E-state index < -0.39 is 0 Å². The van der Waals surface area contributed by atoms with Crippen molar-refractivity contribution < 1.29 is 9.31 Å². The van der Waals surface area contributed by atoms with Crippen LogP contribution in [0, 0.1) is 0 Å². The summed E-state index contributed by atoms with van der Waals surface area (Å²) in [4.78, 5) is 0. The summed E-state index contributed by atoms with van der Waals surface area (Å²) in [6, 6.07) is 17.0. The molecule has 0 unspecified atom stereocenters. The fourth-order valence-corrected chi connectivity index (χ4v) is 3.77. The van der Waals surface area contributed by atoms with Gasteiger partial charge in [0.25, 0.3) is 0 Å². The highest BCUT2D eigenvalue weighted by molar-refractivity contribution is 6.68. The van der Waals surface area contributed by atoms with Gasteiger partial charge in [-0.3, -0.25) is 0 Å². The molecule has 0 fully saturated rings. The summed E-state index contributed by atoms with van der Waals surface area (Å²) in [6.07, 6.45) is 2.80. The highest BCUT2D eigenvalue weighted by atomic mass is 16.5. The highest BCUT2D eigenvalue weighted by Crippen LogP contribution is 2.27. The van der Waals surface area contributed by atoms with Crippen LogP contribution in [-0.2, 0) is 9.31 Å². The SMILES string of the molecule is CC[C@@H]1OB(C)c2ccccc21.CC[C@H]1OB(C)c2ccccc21.CN.CN. The van der Waals surface area contributed by atoms with Crippen LogP contribution in [0.3, 0.4) is 0 Å². The third-order valence-electron chi connectivity index (χ3n) is 5.04. The molecule has 152 valence electrons. The Bertz CT molecular complexity index is 640. The molecule has 2 aliphatic rings. The molecular formula is C22H36B2N2O2. The summed E-state index contributed by atoms with van der Waals surface area (Å²) in [6.45, 7) is 9.14. The number of benzene rings is 2. The van der Waals surface area contributed by atoms with E-state index in [0.717, 1.165) is 12.8 Å². The summed E-state index contributed by atoms with van der Waals surface area (Å²) in [5.41, 5.74) is 14.5. The van der Waals surface area contributed by atoms with Crippen LogP contribution < -0.4 is 22.4 Å². The second-order valence-electron chi connectivity index (χ2n) is 6.61. The van der Waals surface area contributed by atoms with E-state index in [1.165, 1.54) is 36.1 Å². The van der Waals surface area contributed by atoms with Gasteiger partial charge < -0.3 is 20.8 Å². The first-order chi connectivity index (χ1) is 13.7. The lowest BCUT2D eigenvalue weighted by Crippen LogP contribution is -2.23. The molecule has 2 atom stereocenters. The van der Waals surface area contributed by atoms with Gasteiger partial charge in [-0.15, -0.1) is 0 Å². The standard InChI is InChI=1S/2C10H13BO.2CH5N/c2*1-3-10-8-6-4-5-7-9(8)11(2)12-10;2*1-2/h2*4-7,10H,3H2,1-2H3;2*2H2,1H3/t2*10-;;/m10../s1. The minimum absolute atomic E-state index is 0.283. The van der Waals surface area contributed by atoms with Gasteiger partial charge in [0, 0.05) is 0 Å². The highest BCUT2D eigenvalue weighted by Gasteiger charge is 2.30. The molecule has 0 spiro atoms. The van der Waals surface area contributed by atoms with Gasteiger partial charge in [0.15, 0.2) is 0 Å². The van der Waals surface area contributed by atoms with Crippen LogP contribution in [-0.4, -0.2) is 27.9 Å². The lowest BCUT2D eigenvalue weighted by atomic mass is 9.64. The Morgan fingerprint density at radius 1 is 0.679 bits per heavy atom. The number of hydrogen-bond acceptors (Lipinski definition) is 4. The van der Waals surface area contributed by atoms with Gasteiger partial charge >= 0.3 is 13.8 Å². The Labute approximate surface area is 172 Å². The van der Waals surface area contributed by atoms with Crippen LogP contribution in [0.4, 0.5) is 0 Å². The van der Waals surface area contributed by atoms with Crippen molar-refractivity contribution in [2.75, 3.05) is 14.1 Å². The minimum Gasteiger partial charge on any atom is -0.424 e. The predicted molar refractivity (Wildman–Crippen MR) is 124 cm³/mol. The van der Waals surface area contributed by atoms with Crippen LogP contribution in [0.2, 0.25) is 13.6 Å². The lowest BCUT2D eigenvalue weighted by Gasteiger charge is -2.08. The van der Waals surface area contributed by atoms with Crippen molar-refractivity contribution in [3.05, 3.63) is 59.7 Å². The first-order valence-electron chi connectivity index (χ1n) is 10.3. The zero-order valence-electron chi connectivity index (χ0n) is 18.3. The van der Waals surface area contributed by atoms with E-state index in [-0.39, 0.29) is 13.8 Å². The Morgan fingerprint density at radius 3 is 1.32 bits per heavy atom. The molecule has 0 aliphatic carbocycles. The maximum Gasteiger partial charge on any atom is 0.324 e. The van der Waals surface area contributed by atoms with Crippen molar-refractivity contribution in [3.63, 3.8) is 0 Å². The summed E-state index contributed by atoms with van der Waals surface area (Å²) in [7, 11) is 3.00. The number of nitrogens with two attached hydrogens (primary N) is 2. The lowest BCUT2D eigenvalue weighted by molar-refractivity contribution is 0.221. The quantitative estimate of drug-likeness (QED) is 0.784. The third kappa shape index (κ3) is 5.71. The average molecular weight is 382 g/mol. The molecule has 2 aromatic rings. The monoisotopic (exact) mass is 382 g/mol. The van der Waals surface area contributed by atoms with Crippen molar-refractivity contribution >= 4 is 24.8 Å². The van der Waals surface area contributed by atoms with E-state index in [2.05, 4.69) is 87.5 Å². The number of hydrogen-bond donors (Lipinski definition) is 2. The van der Waals surface area contributed by atoms with Crippen molar-refractivity contribution in [1.82, 2.24) is 0 Å². The topological polar surface area (TPSA) is 70.5 Å². The fraction of sp³-hybridized carbons (Fsp3) is 0.455. The van der Waals surface area contributed by atoms with E-state index in [1.807, 2.05) is 0 Å². The van der Waals surface area contributed by atoms with E-state index in [0.29, 0.717) is 12.2 Å². The Kier molecular flexibility index (Phi) is 11.2. The zero-order chi connectivity index (χ0) is 21.1. The molecule has 6 heteroatoms. The molecule has 0 saturated heterocycles. The molecule has 0 radical (unpaired) electrons. The summed E-state index contributed by atoms with van der Waals surface area (Å²) in [5.74, 6) is 0. The smallest absolute Gasteiger partial charge is 0.324 e. The number of rotatable bonds is 2. The van der Waals surface area contributed by atoms with Crippen molar-refractivity contribution in [2.45, 2.75) is 52.5 Å². The van der Waals surface area contributed by atoms with Gasteiger partial charge in [0.1, 0.15) is 0 Å². The second-order valence-corrected chi connectivity index (χ2v) is 6.61. The zero-order valence-corrected chi connectivity index (χ0v) is 18.3. The summed E-state index contributed by atoms with van der Waals surface area (Å²) >= 11 is 0. The molecule has 2 aromatic carbocycles. The fourth-order valence-electron chi connectivity index (χ4n) is 3.77. The molecule has 4 nitrogen and oxygen atoms in total. The first-order valence-corrected chi connectivity index (χ1v) is 10.3. The summed E-state index contributed by atoms with van der Waals surface area (Å²) < 4.78 is 11.6. The largest absolute Gasteiger partial charge is 0.424 e. The molecule has 0 saturated carbocycles. The van der Waals surface area contributed by atoms with E-state index in [9.17, 15) is 0 Å². The molecule has 0 aromatic heterocycles. The van der Waals surface area contributed by atoms with E-state index in [4.69, 9.17) is 9.31 Å². The number of fused-ring (bicyclic) bond motifs is 2. The van der Waals surface area contributed by atoms with Gasteiger partial charge in [-0.2, -0.15) is 0 Å². The predicted octanol–water partition coefficient (Wildman–Crippen LogP) is 3.14. The minimum atomic E-state index is 0.283. The molecule has 28 heavy (non-hydrogen) atoms. The Hall–Kier alpha value is -1.59. The molecule has 2 heterocycles. The molecule has 0 bridgehead atoms. The van der Waals surface area contributed by atoms with Crippen LogP contribution in [0.15, 0.2) is 48.5 Å². The van der Waals surface area contributed by atoms with Crippen molar-refractivity contribution in [1.29, 1.82) is 0 Å². The van der Waals surface area contributed by atoms with Crippen LogP contribution in [0.1, 0.15) is 50.0 Å². The molecule has 0 amide bonds. The molecule has 2 aliphatic heterocycles. The van der Waals surface area contributed by atoms with Crippen LogP contribution >= 0.6 is 0 Å². The molecular weight excluding hydrogens is 346 g/mol. The van der Waals surface area contributed by atoms with Crippen molar-refractivity contribution in [3.8, 4) is 0 Å². The third-order valence-corrected chi connectivity index (χ3v) is 5.04. The van der Waals surface area contributed by atoms with Crippen LogP contribution in [0.25, 0.3) is 0 Å². The van der Waals surface area contributed by atoms with Crippen molar-refractivity contribution in [2.24, 2.45) is 11.5 Å². The van der Waals surface area contributed by atoms with E-state index >= 15 is 0 Å².